The van der Waals surface area contributed by atoms with Gasteiger partial charge in [-0.3, -0.25) is 4.79 Å². The van der Waals surface area contributed by atoms with Gasteiger partial charge in [-0.05, 0) is 6.92 Å². The first-order valence-corrected chi connectivity index (χ1v) is 5.30. The van der Waals surface area contributed by atoms with Crippen molar-refractivity contribution in [3.8, 4) is 5.88 Å². The number of amides is 1. The molecule has 1 aromatic rings. The summed E-state index contributed by atoms with van der Waals surface area (Å²) < 4.78 is 11.1. The highest BCUT2D eigenvalue weighted by Crippen LogP contribution is 2.15. The molecule has 1 rings (SSSR count). The maximum atomic E-state index is 11.6. The lowest BCUT2D eigenvalue weighted by Crippen LogP contribution is -2.43. The number of methoxy groups -OCH3 is 1. The highest BCUT2D eigenvalue weighted by molar-refractivity contribution is 6.07. The minimum absolute atomic E-state index is 0.164. The van der Waals surface area contributed by atoms with Gasteiger partial charge in [-0.2, -0.15) is 5.10 Å². The molecular formula is C10H16N4O4. The summed E-state index contributed by atoms with van der Waals surface area (Å²) in [5.74, 6) is -0.749. The van der Waals surface area contributed by atoms with E-state index < -0.39 is 17.9 Å². The van der Waals surface area contributed by atoms with Gasteiger partial charge in [0.1, 0.15) is 0 Å². The fourth-order valence-corrected chi connectivity index (χ4v) is 1.25. The van der Waals surface area contributed by atoms with E-state index in [1.165, 1.54) is 17.9 Å². The number of carbonyl (C=O) groups excluding carboxylic acids is 2. The van der Waals surface area contributed by atoms with Crippen LogP contribution in [0.1, 0.15) is 6.92 Å². The molecule has 3 N–H and O–H groups in total. The smallest absolute Gasteiger partial charge is 0.332 e. The van der Waals surface area contributed by atoms with E-state index in [9.17, 15) is 9.59 Å². The van der Waals surface area contributed by atoms with Gasteiger partial charge in [-0.15, -0.1) is 0 Å². The lowest BCUT2D eigenvalue weighted by Gasteiger charge is -2.09. The zero-order chi connectivity index (χ0) is 13.7. The molecule has 1 aromatic heterocycles. The number of hydrogen-bond acceptors (Lipinski definition) is 6. The van der Waals surface area contributed by atoms with Crippen LogP contribution in [0.3, 0.4) is 0 Å². The number of aromatic nitrogens is 2. The summed E-state index contributed by atoms with van der Waals surface area (Å²) in [5, 5.41) is 6.36. The predicted octanol–water partition coefficient (Wildman–Crippen LogP) is -0.742. The highest BCUT2D eigenvalue weighted by Gasteiger charge is 2.24. The lowest BCUT2D eigenvalue weighted by atomic mass is 10.3. The second-order valence-corrected chi connectivity index (χ2v) is 3.41. The van der Waals surface area contributed by atoms with Crippen molar-refractivity contribution in [2.45, 2.75) is 13.0 Å². The Hall–Kier alpha value is -2.09. The van der Waals surface area contributed by atoms with Gasteiger partial charge in [0.05, 0.1) is 13.7 Å². The molecule has 0 fully saturated rings. The minimum atomic E-state index is -1.38. The summed E-state index contributed by atoms with van der Waals surface area (Å²) in [4.78, 5) is 22.9. The predicted molar refractivity (Wildman–Crippen MR) is 63.0 cm³/mol. The van der Waals surface area contributed by atoms with Gasteiger partial charge >= 0.3 is 5.97 Å². The first kappa shape index (κ1) is 14.0. The Kier molecular flexibility index (Phi) is 4.67. The molecule has 0 saturated heterocycles. The molecule has 1 unspecified atom stereocenters. The number of aryl methyl sites for hydroxylation is 1. The van der Waals surface area contributed by atoms with Crippen LogP contribution in [0.4, 0.5) is 5.82 Å². The van der Waals surface area contributed by atoms with E-state index in [0.717, 1.165) is 0 Å². The quantitative estimate of drug-likeness (QED) is 0.530. The molecule has 1 amide bonds. The average Bonchev–Trinajstić information content (AvgIpc) is 2.68. The molecule has 0 spiro atoms. The number of nitrogens with zero attached hydrogens (tertiary/aromatic N) is 2. The molecule has 0 aromatic carbocycles. The van der Waals surface area contributed by atoms with Crippen molar-refractivity contribution in [2.75, 3.05) is 19.0 Å². The maximum Gasteiger partial charge on any atom is 0.332 e. The van der Waals surface area contributed by atoms with Crippen LogP contribution in [0.25, 0.3) is 0 Å². The molecule has 100 valence electrons. The van der Waals surface area contributed by atoms with Gasteiger partial charge in [0, 0.05) is 13.1 Å². The van der Waals surface area contributed by atoms with Gasteiger partial charge in [-0.25, -0.2) is 9.48 Å². The molecule has 0 bridgehead atoms. The zero-order valence-corrected chi connectivity index (χ0v) is 10.5. The summed E-state index contributed by atoms with van der Waals surface area (Å²) in [5.41, 5.74) is 5.42. The van der Waals surface area contributed by atoms with Gasteiger partial charge in [0.25, 0.3) is 5.91 Å². The lowest BCUT2D eigenvalue weighted by molar-refractivity contribution is -0.146. The standard InChI is InChI=1S/C10H16N4O4/c1-4-18-10(16)8(11)9(15)12-6-5-7(17-3)14(2)13-6/h5,8H,4,11H2,1-3H3,(H,12,13,15). The molecule has 1 heterocycles. The van der Waals surface area contributed by atoms with Crippen molar-refractivity contribution in [1.82, 2.24) is 9.78 Å². The first-order valence-electron chi connectivity index (χ1n) is 5.30. The van der Waals surface area contributed by atoms with Crippen LogP contribution in [0, 0.1) is 0 Å². The van der Waals surface area contributed by atoms with Crippen molar-refractivity contribution in [3.05, 3.63) is 6.07 Å². The molecule has 8 heteroatoms. The van der Waals surface area contributed by atoms with E-state index in [1.54, 1.807) is 14.0 Å². The third-order valence-electron chi connectivity index (χ3n) is 2.12. The van der Waals surface area contributed by atoms with E-state index in [-0.39, 0.29) is 12.4 Å². The van der Waals surface area contributed by atoms with E-state index in [4.69, 9.17) is 10.5 Å². The second-order valence-electron chi connectivity index (χ2n) is 3.41. The maximum absolute atomic E-state index is 11.6. The molecule has 0 aliphatic carbocycles. The summed E-state index contributed by atoms with van der Waals surface area (Å²) >= 11 is 0. The monoisotopic (exact) mass is 256 g/mol. The van der Waals surface area contributed by atoms with Crippen molar-refractivity contribution < 1.29 is 19.1 Å². The number of hydrogen-bond donors (Lipinski definition) is 2. The van der Waals surface area contributed by atoms with Crippen molar-refractivity contribution in [3.63, 3.8) is 0 Å². The van der Waals surface area contributed by atoms with Crippen LogP contribution < -0.4 is 15.8 Å². The van der Waals surface area contributed by atoms with Crippen LogP contribution in [0.2, 0.25) is 0 Å². The summed E-state index contributed by atoms with van der Waals surface area (Å²) in [6, 6.07) is 0.133. The third-order valence-corrected chi connectivity index (χ3v) is 2.12. The van der Waals surface area contributed by atoms with Crippen molar-refractivity contribution in [2.24, 2.45) is 12.8 Å². The molecule has 1 atom stereocenters. The second kappa shape index (κ2) is 6.01. The fourth-order valence-electron chi connectivity index (χ4n) is 1.25. The number of ether oxygens (including phenoxy) is 2. The van der Waals surface area contributed by atoms with E-state index in [0.29, 0.717) is 5.88 Å². The first-order chi connectivity index (χ1) is 8.49. The number of nitrogens with one attached hydrogen (secondary N) is 1. The normalized spacial score (nSPS) is 11.8. The van der Waals surface area contributed by atoms with Crippen molar-refractivity contribution in [1.29, 1.82) is 0 Å². The Balaban J connectivity index is 2.66. The van der Waals surface area contributed by atoms with Gasteiger partial charge < -0.3 is 20.5 Å². The van der Waals surface area contributed by atoms with Gasteiger partial charge in [-0.1, -0.05) is 0 Å². The van der Waals surface area contributed by atoms with Crippen LogP contribution in [0.5, 0.6) is 5.88 Å². The molecule has 0 saturated carbocycles. The topological polar surface area (TPSA) is 108 Å². The molecular weight excluding hydrogens is 240 g/mol. The summed E-state index contributed by atoms with van der Waals surface area (Å²) in [6.07, 6.45) is 0. The Bertz CT molecular complexity index is 443. The van der Waals surface area contributed by atoms with E-state index in [2.05, 4.69) is 15.2 Å². The molecule has 18 heavy (non-hydrogen) atoms. The fraction of sp³-hybridized carbons (Fsp3) is 0.500. The van der Waals surface area contributed by atoms with Crippen LogP contribution in [-0.4, -0.2) is 41.4 Å². The van der Waals surface area contributed by atoms with Crippen LogP contribution in [-0.2, 0) is 21.4 Å². The SMILES string of the molecule is CCOC(=O)C(N)C(=O)Nc1cc(OC)n(C)n1. The molecule has 0 radical (unpaired) electrons. The van der Waals surface area contributed by atoms with E-state index >= 15 is 0 Å². The number of carbonyl (C=O) groups is 2. The number of anilines is 1. The third kappa shape index (κ3) is 3.20. The molecule has 8 nitrogen and oxygen atoms in total. The Morgan fingerprint density at radius 2 is 2.28 bits per heavy atom. The van der Waals surface area contributed by atoms with Crippen molar-refractivity contribution >= 4 is 17.7 Å². The molecule has 0 aliphatic heterocycles. The van der Waals surface area contributed by atoms with Gasteiger partial charge in [0.2, 0.25) is 5.88 Å². The number of rotatable bonds is 5. The summed E-state index contributed by atoms with van der Waals surface area (Å²) in [6.45, 7) is 1.80. The zero-order valence-electron chi connectivity index (χ0n) is 10.5. The number of nitrogens with two attached hydrogens (primary N) is 1. The van der Waals surface area contributed by atoms with Crippen LogP contribution in [0.15, 0.2) is 6.07 Å². The minimum Gasteiger partial charge on any atom is -0.481 e. The van der Waals surface area contributed by atoms with Gasteiger partial charge in [0.15, 0.2) is 11.9 Å². The van der Waals surface area contributed by atoms with E-state index in [1.807, 2.05) is 0 Å². The van der Waals surface area contributed by atoms with Crippen LogP contribution >= 0.6 is 0 Å². The molecule has 0 aliphatic rings. The largest absolute Gasteiger partial charge is 0.481 e. The Morgan fingerprint density at radius 3 is 2.78 bits per heavy atom. The number of esters is 1. The average molecular weight is 256 g/mol. The Morgan fingerprint density at radius 1 is 1.61 bits per heavy atom. The Labute approximate surface area is 104 Å². The summed E-state index contributed by atoms with van der Waals surface area (Å²) in [7, 11) is 3.13. The highest BCUT2D eigenvalue weighted by atomic mass is 16.5.